The van der Waals surface area contributed by atoms with Crippen molar-refractivity contribution in [1.82, 2.24) is 0 Å². The standard InChI is InChI=1S/C20H24N4O2S/c1-4-26-20(25)23-18-7-5-14(9-17(18)21)22-11-13-12-27-19-8-6-15(24(2)3)10-16(13)19/h5-10,12,22H,4,11,21H2,1-3H3,(H,23,25). The van der Waals surface area contributed by atoms with Crippen LogP contribution in [0, 0.1) is 0 Å². The third-order valence-electron chi connectivity index (χ3n) is 4.20. The minimum Gasteiger partial charge on any atom is -0.450 e. The van der Waals surface area contributed by atoms with Crippen LogP contribution in [-0.2, 0) is 11.3 Å². The molecule has 27 heavy (non-hydrogen) atoms. The number of nitrogens with one attached hydrogen (secondary N) is 2. The monoisotopic (exact) mass is 384 g/mol. The first-order valence-corrected chi connectivity index (χ1v) is 9.60. The van der Waals surface area contributed by atoms with Crippen molar-refractivity contribution >= 4 is 50.3 Å². The SMILES string of the molecule is CCOC(=O)Nc1ccc(NCc2csc3ccc(N(C)C)cc23)cc1N. The molecule has 0 aliphatic heterocycles. The molecule has 0 saturated heterocycles. The summed E-state index contributed by atoms with van der Waals surface area (Å²) in [5.74, 6) is 0. The van der Waals surface area contributed by atoms with Crippen LogP contribution in [0.4, 0.5) is 27.5 Å². The van der Waals surface area contributed by atoms with E-state index >= 15 is 0 Å². The number of nitrogen functional groups attached to an aromatic ring is 1. The topological polar surface area (TPSA) is 79.6 Å². The normalized spacial score (nSPS) is 10.6. The quantitative estimate of drug-likeness (QED) is 0.536. The Labute approximate surface area is 162 Å². The van der Waals surface area contributed by atoms with E-state index in [1.807, 2.05) is 20.2 Å². The summed E-state index contributed by atoms with van der Waals surface area (Å²) in [6, 6.07) is 12.0. The minimum atomic E-state index is -0.508. The number of thiophene rings is 1. The number of nitrogens with zero attached hydrogens (tertiary/aromatic N) is 1. The number of fused-ring (bicyclic) bond motifs is 1. The van der Waals surface area contributed by atoms with E-state index in [2.05, 4.69) is 39.1 Å². The first-order valence-electron chi connectivity index (χ1n) is 8.72. The number of amides is 1. The van der Waals surface area contributed by atoms with Crippen molar-refractivity contribution < 1.29 is 9.53 Å². The van der Waals surface area contributed by atoms with Gasteiger partial charge in [0.05, 0.1) is 18.0 Å². The van der Waals surface area contributed by atoms with Crippen LogP contribution in [0.15, 0.2) is 41.8 Å². The average Bonchev–Trinajstić information content (AvgIpc) is 3.04. The number of hydrogen-bond acceptors (Lipinski definition) is 6. The lowest BCUT2D eigenvalue weighted by molar-refractivity contribution is 0.168. The van der Waals surface area contributed by atoms with Crippen LogP contribution in [0.5, 0.6) is 0 Å². The fourth-order valence-electron chi connectivity index (χ4n) is 2.75. The predicted octanol–water partition coefficient (Wildman–Crippen LogP) is 4.73. The number of hydrogen-bond donors (Lipinski definition) is 3. The molecule has 6 nitrogen and oxygen atoms in total. The molecule has 0 aliphatic carbocycles. The second-order valence-electron chi connectivity index (χ2n) is 6.34. The van der Waals surface area contributed by atoms with E-state index in [1.54, 1.807) is 30.4 Å². The first-order chi connectivity index (χ1) is 13.0. The highest BCUT2D eigenvalue weighted by molar-refractivity contribution is 7.17. The average molecular weight is 385 g/mol. The Morgan fingerprint density at radius 1 is 1.22 bits per heavy atom. The van der Waals surface area contributed by atoms with E-state index in [0.717, 1.165) is 5.69 Å². The van der Waals surface area contributed by atoms with E-state index in [4.69, 9.17) is 10.5 Å². The van der Waals surface area contributed by atoms with Crippen LogP contribution < -0.4 is 21.3 Å². The van der Waals surface area contributed by atoms with Crippen LogP contribution >= 0.6 is 11.3 Å². The van der Waals surface area contributed by atoms with Crippen molar-refractivity contribution in [1.29, 1.82) is 0 Å². The fraction of sp³-hybridized carbons (Fsp3) is 0.250. The number of carbonyl (C=O) groups is 1. The third kappa shape index (κ3) is 4.43. The maximum atomic E-state index is 11.5. The first kappa shape index (κ1) is 18.8. The zero-order chi connectivity index (χ0) is 19.4. The molecule has 0 fully saturated rings. The second kappa shape index (κ2) is 8.18. The number of ether oxygens (including phenoxy) is 1. The summed E-state index contributed by atoms with van der Waals surface area (Å²) in [6.45, 7) is 2.77. The van der Waals surface area contributed by atoms with E-state index in [1.165, 1.54) is 21.3 Å². The van der Waals surface area contributed by atoms with Gasteiger partial charge in [-0.05, 0) is 59.7 Å². The molecule has 142 valence electrons. The molecule has 3 rings (SSSR count). The van der Waals surface area contributed by atoms with Crippen molar-refractivity contribution in [3.8, 4) is 0 Å². The van der Waals surface area contributed by atoms with Gasteiger partial charge in [0, 0.05) is 36.7 Å². The van der Waals surface area contributed by atoms with Crippen molar-refractivity contribution in [3.63, 3.8) is 0 Å². The number of benzene rings is 2. The Balaban J connectivity index is 1.71. The van der Waals surface area contributed by atoms with Crippen molar-refractivity contribution in [2.45, 2.75) is 13.5 Å². The van der Waals surface area contributed by atoms with Crippen LogP contribution in [0.3, 0.4) is 0 Å². The van der Waals surface area contributed by atoms with Gasteiger partial charge in [0.25, 0.3) is 0 Å². The van der Waals surface area contributed by atoms with Gasteiger partial charge in [-0.2, -0.15) is 0 Å². The largest absolute Gasteiger partial charge is 0.450 e. The van der Waals surface area contributed by atoms with Crippen molar-refractivity contribution in [2.24, 2.45) is 0 Å². The molecule has 1 amide bonds. The molecule has 0 unspecified atom stereocenters. The maximum absolute atomic E-state index is 11.5. The van der Waals surface area contributed by atoms with Gasteiger partial charge in [-0.25, -0.2) is 4.79 Å². The van der Waals surface area contributed by atoms with E-state index in [9.17, 15) is 4.79 Å². The van der Waals surface area contributed by atoms with Crippen LogP contribution in [-0.4, -0.2) is 26.8 Å². The number of rotatable bonds is 6. The van der Waals surface area contributed by atoms with Crippen molar-refractivity contribution in [2.75, 3.05) is 42.0 Å². The molecule has 3 aromatic rings. The number of anilines is 4. The summed E-state index contributed by atoms with van der Waals surface area (Å²) in [4.78, 5) is 13.6. The van der Waals surface area contributed by atoms with Crippen LogP contribution in [0.1, 0.15) is 12.5 Å². The minimum absolute atomic E-state index is 0.315. The summed E-state index contributed by atoms with van der Waals surface area (Å²) in [7, 11) is 4.08. The lowest BCUT2D eigenvalue weighted by Crippen LogP contribution is -2.14. The number of nitrogens with two attached hydrogens (primary N) is 1. The Bertz CT molecular complexity index is 952. The highest BCUT2D eigenvalue weighted by Gasteiger charge is 2.08. The van der Waals surface area contributed by atoms with Gasteiger partial charge in [0.15, 0.2) is 0 Å². The van der Waals surface area contributed by atoms with E-state index in [0.29, 0.717) is 24.5 Å². The van der Waals surface area contributed by atoms with Gasteiger partial charge < -0.3 is 20.7 Å². The molecule has 0 radical (unpaired) electrons. The Morgan fingerprint density at radius 2 is 2.04 bits per heavy atom. The molecule has 2 aromatic carbocycles. The summed E-state index contributed by atoms with van der Waals surface area (Å²) in [5.41, 5.74) is 10.4. The molecular weight excluding hydrogens is 360 g/mol. The van der Waals surface area contributed by atoms with E-state index < -0.39 is 6.09 Å². The second-order valence-corrected chi connectivity index (χ2v) is 7.25. The van der Waals surface area contributed by atoms with E-state index in [-0.39, 0.29) is 0 Å². The molecule has 7 heteroatoms. The van der Waals surface area contributed by atoms with Gasteiger partial charge in [-0.15, -0.1) is 11.3 Å². The molecule has 0 saturated carbocycles. The highest BCUT2D eigenvalue weighted by atomic mass is 32.1. The molecule has 4 N–H and O–H groups in total. The maximum Gasteiger partial charge on any atom is 0.411 e. The zero-order valence-electron chi connectivity index (χ0n) is 15.7. The number of carbonyl (C=O) groups excluding carboxylic acids is 1. The molecule has 0 bridgehead atoms. The van der Waals surface area contributed by atoms with Gasteiger partial charge >= 0.3 is 6.09 Å². The van der Waals surface area contributed by atoms with Gasteiger partial charge in [-0.1, -0.05) is 0 Å². The molecule has 1 heterocycles. The van der Waals surface area contributed by atoms with Crippen molar-refractivity contribution in [3.05, 3.63) is 47.3 Å². The highest BCUT2D eigenvalue weighted by Crippen LogP contribution is 2.30. The predicted molar refractivity (Wildman–Crippen MR) is 115 cm³/mol. The van der Waals surface area contributed by atoms with Gasteiger partial charge in [0.2, 0.25) is 0 Å². The van der Waals surface area contributed by atoms with Gasteiger partial charge in [-0.3, -0.25) is 5.32 Å². The summed E-state index contributed by atoms with van der Waals surface area (Å²) < 4.78 is 6.14. The Kier molecular flexibility index (Phi) is 5.71. The smallest absolute Gasteiger partial charge is 0.411 e. The van der Waals surface area contributed by atoms with Crippen LogP contribution in [0.25, 0.3) is 10.1 Å². The molecule has 1 aromatic heterocycles. The molecular formula is C20H24N4O2S. The summed E-state index contributed by atoms with van der Waals surface area (Å²) in [5, 5.41) is 9.47. The molecule has 0 spiro atoms. The third-order valence-corrected chi connectivity index (χ3v) is 5.21. The summed E-state index contributed by atoms with van der Waals surface area (Å²) >= 11 is 1.74. The Morgan fingerprint density at radius 3 is 2.74 bits per heavy atom. The Hall–Kier alpha value is -2.93. The van der Waals surface area contributed by atoms with Gasteiger partial charge in [0.1, 0.15) is 0 Å². The molecule has 0 aliphatic rings. The zero-order valence-corrected chi connectivity index (χ0v) is 16.5. The van der Waals surface area contributed by atoms with Crippen LogP contribution in [0.2, 0.25) is 0 Å². The summed E-state index contributed by atoms with van der Waals surface area (Å²) in [6.07, 6.45) is -0.508. The fourth-order valence-corrected chi connectivity index (χ4v) is 3.69. The lowest BCUT2D eigenvalue weighted by Gasteiger charge is -2.13. The lowest BCUT2D eigenvalue weighted by atomic mass is 10.1. The molecule has 0 atom stereocenters.